The molecule has 0 aromatic carbocycles. The normalized spacial score (nSPS) is 26.1. The Bertz CT molecular complexity index is 125. The van der Waals surface area contributed by atoms with Crippen molar-refractivity contribution in [3.8, 4) is 0 Å². The summed E-state index contributed by atoms with van der Waals surface area (Å²) in [5.74, 6) is 0.0980. The second kappa shape index (κ2) is 3.53. The number of amides is 1. The van der Waals surface area contributed by atoms with E-state index in [1.165, 1.54) is 0 Å². The van der Waals surface area contributed by atoms with Crippen LogP contribution >= 0.6 is 0 Å². The standard InChI is InChI=1S/C6H12N2O2/c1-10-8-5-2-3-7-6(9)4-5/h5,8H,2-4H2,1H3,(H,7,9). The van der Waals surface area contributed by atoms with Crippen molar-refractivity contribution in [1.29, 1.82) is 0 Å². The first kappa shape index (κ1) is 7.50. The number of carbonyl (C=O) groups excluding carboxylic acids is 1. The van der Waals surface area contributed by atoms with E-state index in [4.69, 9.17) is 4.84 Å². The number of nitrogens with one attached hydrogen (secondary N) is 2. The average molecular weight is 144 g/mol. The van der Waals surface area contributed by atoms with Gasteiger partial charge in [-0.25, -0.2) is 0 Å². The third kappa shape index (κ3) is 1.97. The van der Waals surface area contributed by atoms with E-state index in [9.17, 15) is 4.79 Å². The van der Waals surface area contributed by atoms with Crippen molar-refractivity contribution in [2.75, 3.05) is 13.7 Å². The van der Waals surface area contributed by atoms with E-state index < -0.39 is 0 Å². The molecule has 4 nitrogen and oxygen atoms in total. The summed E-state index contributed by atoms with van der Waals surface area (Å²) in [5, 5.41) is 2.74. The van der Waals surface area contributed by atoms with Gasteiger partial charge in [-0.1, -0.05) is 0 Å². The van der Waals surface area contributed by atoms with E-state index in [1.807, 2.05) is 0 Å². The summed E-state index contributed by atoms with van der Waals surface area (Å²) in [7, 11) is 1.56. The Balaban J connectivity index is 2.25. The van der Waals surface area contributed by atoms with Gasteiger partial charge in [0.25, 0.3) is 0 Å². The van der Waals surface area contributed by atoms with Gasteiger partial charge in [0.1, 0.15) is 0 Å². The highest BCUT2D eigenvalue weighted by atomic mass is 16.6. The summed E-state index contributed by atoms with van der Waals surface area (Å²) in [6, 6.07) is 0.193. The zero-order chi connectivity index (χ0) is 7.40. The van der Waals surface area contributed by atoms with Gasteiger partial charge in [0.15, 0.2) is 0 Å². The van der Waals surface area contributed by atoms with Crippen LogP contribution in [-0.2, 0) is 9.63 Å². The van der Waals surface area contributed by atoms with Crippen LogP contribution in [0.4, 0.5) is 0 Å². The van der Waals surface area contributed by atoms with Gasteiger partial charge in [0.05, 0.1) is 7.11 Å². The average Bonchev–Trinajstić information content (AvgIpc) is 1.88. The molecule has 1 aliphatic rings. The van der Waals surface area contributed by atoms with Crippen molar-refractivity contribution in [1.82, 2.24) is 10.8 Å². The summed E-state index contributed by atoms with van der Waals surface area (Å²) in [5.41, 5.74) is 2.75. The minimum Gasteiger partial charge on any atom is -0.356 e. The summed E-state index contributed by atoms with van der Waals surface area (Å²) in [6.07, 6.45) is 1.47. The third-order valence-corrected chi connectivity index (χ3v) is 1.53. The zero-order valence-corrected chi connectivity index (χ0v) is 6.02. The van der Waals surface area contributed by atoms with E-state index in [-0.39, 0.29) is 11.9 Å². The van der Waals surface area contributed by atoms with Gasteiger partial charge in [0, 0.05) is 19.0 Å². The number of hydrogen-bond acceptors (Lipinski definition) is 3. The Kier molecular flexibility index (Phi) is 2.65. The molecule has 1 atom stereocenters. The molecule has 1 heterocycles. The molecule has 0 bridgehead atoms. The Morgan fingerprint density at radius 2 is 2.60 bits per heavy atom. The molecule has 0 aromatic heterocycles. The van der Waals surface area contributed by atoms with Gasteiger partial charge in [-0.3, -0.25) is 4.79 Å². The summed E-state index contributed by atoms with van der Waals surface area (Å²) in [4.78, 5) is 15.4. The molecule has 1 unspecified atom stereocenters. The van der Waals surface area contributed by atoms with Crippen LogP contribution in [-0.4, -0.2) is 25.6 Å². The topological polar surface area (TPSA) is 50.4 Å². The van der Waals surface area contributed by atoms with Crippen molar-refractivity contribution in [2.24, 2.45) is 0 Å². The highest BCUT2D eigenvalue weighted by Gasteiger charge is 2.17. The predicted octanol–water partition coefficient (Wildman–Crippen LogP) is -0.584. The molecule has 0 radical (unpaired) electrons. The van der Waals surface area contributed by atoms with Gasteiger partial charge in [-0.2, -0.15) is 5.48 Å². The molecule has 0 saturated carbocycles. The Labute approximate surface area is 59.9 Å². The lowest BCUT2D eigenvalue weighted by molar-refractivity contribution is -0.124. The van der Waals surface area contributed by atoms with Gasteiger partial charge in [-0.05, 0) is 6.42 Å². The first-order chi connectivity index (χ1) is 4.83. The van der Waals surface area contributed by atoms with Crippen LogP contribution in [0.15, 0.2) is 0 Å². The van der Waals surface area contributed by atoms with Crippen LogP contribution in [0, 0.1) is 0 Å². The fourth-order valence-electron chi connectivity index (χ4n) is 1.05. The fraction of sp³-hybridized carbons (Fsp3) is 0.833. The number of hydrogen-bond donors (Lipinski definition) is 2. The smallest absolute Gasteiger partial charge is 0.221 e. The molecule has 0 aliphatic carbocycles. The first-order valence-electron chi connectivity index (χ1n) is 3.38. The van der Waals surface area contributed by atoms with Gasteiger partial charge < -0.3 is 10.2 Å². The molecule has 1 saturated heterocycles. The summed E-state index contributed by atoms with van der Waals surface area (Å²) in [6.45, 7) is 0.750. The van der Waals surface area contributed by atoms with E-state index in [0.717, 1.165) is 13.0 Å². The van der Waals surface area contributed by atoms with E-state index >= 15 is 0 Å². The molecule has 10 heavy (non-hydrogen) atoms. The van der Waals surface area contributed by atoms with E-state index in [1.54, 1.807) is 7.11 Å². The largest absolute Gasteiger partial charge is 0.356 e. The zero-order valence-electron chi connectivity index (χ0n) is 6.02. The number of rotatable bonds is 2. The lowest BCUT2D eigenvalue weighted by Gasteiger charge is -2.21. The second-order valence-corrected chi connectivity index (χ2v) is 2.36. The number of piperidine rings is 1. The Morgan fingerprint density at radius 3 is 3.20 bits per heavy atom. The van der Waals surface area contributed by atoms with Crippen LogP contribution in [0.5, 0.6) is 0 Å². The van der Waals surface area contributed by atoms with Crippen LogP contribution < -0.4 is 10.8 Å². The third-order valence-electron chi connectivity index (χ3n) is 1.53. The molecular weight excluding hydrogens is 132 g/mol. The molecule has 1 amide bonds. The predicted molar refractivity (Wildman–Crippen MR) is 36.2 cm³/mol. The van der Waals surface area contributed by atoms with Gasteiger partial charge in [-0.15, -0.1) is 0 Å². The monoisotopic (exact) mass is 144 g/mol. The molecule has 0 spiro atoms. The Hall–Kier alpha value is -0.610. The molecule has 1 rings (SSSR count). The van der Waals surface area contributed by atoms with Crippen molar-refractivity contribution in [3.05, 3.63) is 0 Å². The Morgan fingerprint density at radius 1 is 1.80 bits per heavy atom. The van der Waals surface area contributed by atoms with Crippen molar-refractivity contribution in [3.63, 3.8) is 0 Å². The van der Waals surface area contributed by atoms with Crippen molar-refractivity contribution < 1.29 is 9.63 Å². The summed E-state index contributed by atoms with van der Waals surface area (Å²) < 4.78 is 0. The van der Waals surface area contributed by atoms with Crippen LogP contribution in [0.25, 0.3) is 0 Å². The maximum Gasteiger partial charge on any atom is 0.221 e. The van der Waals surface area contributed by atoms with Gasteiger partial charge in [0.2, 0.25) is 5.91 Å². The maximum absolute atomic E-state index is 10.7. The highest BCUT2D eigenvalue weighted by molar-refractivity contribution is 5.77. The van der Waals surface area contributed by atoms with Crippen molar-refractivity contribution in [2.45, 2.75) is 18.9 Å². The minimum absolute atomic E-state index is 0.0980. The molecule has 0 aromatic rings. The quantitative estimate of drug-likeness (QED) is 0.510. The number of carbonyl (C=O) groups is 1. The van der Waals surface area contributed by atoms with Crippen LogP contribution in [0.1, 0.15) is 12.8 Å². The molecule has 4 heteroatoms. The summed E-state index contributed by atoms with van der Waals surface area (Å²) >= 11 is 0. The van der Waals surface area contributed by atoms with Crippen molar-refractivity contribution >= 4 is 5.91 Å². The first-order valence-corrected chi connectivity index (χ1v) is 3.38. The lowest BCUT2D eigenvalue weighted by Crippen LogP contribution is -2.42. The van der Waals surface area contributed by atoms with Crippen LogP contribution in [0.2, 0.25) is 0 Å². The fourth-order valence-corrected chi connectivity index (χ4v) is 1.05. The molecule has 1 fully saturated rings. The minimum atomic E-state index is 0.0980. The second-order valence-electron chi connectivity index (χ2n) is 2.36. The highest BCUT2D eigenvalue weighted by Crippen LogP contribution is 2.01. The maximum atomic E-state index is 10.7. The molecule has 58 valence electrons. The van der Waals surface area contributed by atoms with Gasteiger partial charge >= 0.3 is 0 Å². The molecule has 2 N–H and O–H groups in total. The molecule has 1 aliphatic heterocycles. The number of hydroxylamine groups is 1. The van der Waals surface area contributed by atoms with E-state index in [0.29, 0.717) is 6.42 Å². The lowest BCUT2D eigenvalue weighted by atomic mass is 10.1. The SMILES string of the molecule is CONC1CCNC(=O)C1. The molecular formula is C6H12N2O2. The van der Waals surface area contributed by atoms with Crippen LogP contribution in [0.3, 0.4) is 0 Å². The van der Waals surface area contributed by atoms with E-state index in [2.05, 4.69) is 10.8 Å².